The molecule has 0 radical (unpaired) electrons. The smallest absolute Gasteiger partial charge is 0.00297 e. The summed E-state index contributed by atoms with van der Waals surface area (Å²) in [5, 5.41) is 2.83. The van der Waals surface area contributed by atoms with Crippen molar-refractivity contribution in [1.29, 1.82) is 0 Å². The van der Waals surface area contributed by atoms with Crippen LogP contribution in [0.15, 0.2) is 96.2 Å². The Morgan fingerprint density at radius 1 is 0.857 bits per heavy atom. The van der Waals surface area contributed by atoms with E-state index < -0.39 is 0 Å². The van der Waals surface area contributed by atoms with Gasteiger partial charge in [-0.25, -0.2) is 0 Å². The lowest BCUT2D eigenvalue weighted by molar-refractivity contribution is 0.462. The first-order valence-electron chi connectivity index (χ1n) is 10.6. The van der Waals surface area contributed by atoms with Crippen molar-refractivity contribution in [3.8, 4) is 0 Å². The molecule has 2 aromatic carbocycles. The van der Waals surface area contributed by atoms with E-state index in [1.807, 2.05) is 0 Å². The molecule has 2 atom stereocenters. The first-order chi connectivity index (χ1) is 13.9. The van der Waals surface area contributed by atoms with Gasteiger partial charge in [-0.1, -0.05) is 85.0 Å². The molecule has 28 heavy (non-hydrogen) atoms. The third-order valence-electron chi connectivity index (χ3n) is 6.88. The molecule has 2 aromatic rings. The van der Waals surface area contributed by atoms with Crippen molar-refractivity contribution >= 4 is 21.9 Å². The van der Waals surface area contributed by atoms with E-state index in [-0.39, 0.29) is 0 Å². The van der Waals surface area contributed by atoms with Gasteiger partial charge in [0, 0.05) is 0 Å². The number of benzene rings is 2. The third kappa shape index (κ3) is 2.37. The summed E-state index contributed by atoms with van der Waals surface area (Å²) in [5.74, 6) is 1.17. The summed E-state index contributed by atoms with van der Waals surface area (Å²) in [7, 11) is 0. The number of hydrogen-bond acceptors (Lipinski definition) is 0. The van der Waals surface area contributed by atoms with E-state index in [0.717, 1.165) is 19.3 Å². The highest BCUT2D eigenvalue weighted by Crippen LogP contribution is 2.52. The van der Waals surface area contributed by atoms with Crippen LogP contribution in [0.5, 0.6) is 0 Å². The Morgan fingerprint density at radius 3 is 2.54 bits per heavy atom. The van der Waals surface area contributed by atoms with E-state index in [4.69, 9.17) is 0 Å². The summed E-state index contributed by atoms with van der Waals surface area (Å²) in [4.78, 5) is 0. The van der Waals surface area contributed by atoms with Crippen LogP contribution < -0.4 is 0 Å². The zero-order chi connectivity index (χ0) is 18.5. The molecule has 4 aliphatic rings. The minimum absolute atomic E-state index is 0.572. The lowest BCUT2D eigenvalue weighted by Crippen LogP contribution is -2.20. The first kappa shape index (κ1) is 16.1. The summed E-state index contributed by atoms with van der Waals surface area (Å²) in [6, 6.07) is 13.6. The van der Waals surface area contributed by atoms with Crippen molar-refractivity contribution in [2.45, 2.75) is 25.7 Å². The second kappa shape index (κ2) is 6.34. The molecular formula is C28H24. The van der Waals surface area contributed by atoms with Crippen LogP contribution in [-0.4, -0.2) is 0 Å². The fraction of sp³-hybridized carbons (Fsp3) is 0.214. The van der Waals surface area contributed by atoms with Crippen molar-refractivity contribution in [3.05, 3.63) is 107 Å². The maximum Gasteiger partial charge on any atom is -0.00297 e. The molecule has 0 fully saturated rings. The molecule has 0 heteroatoms. The predicted octanol–water partition coefficient (Wildman–Crippen LogP) is 7.42. The zero-order valence-electron chi connectivity index (χ0n) is 16.1. The Kier molecular flexibility index (Phi) is 3.65. The van der Waals surface area contributed by atoms with Crippen LogP contribution in [0, 0.1) is 11.8 Å². The lowest BCUT2D eigenvalue weighted by atomic mass is 9.70. The van der Waals surface area contributed by atoms with Crippen LogP contribution in [0.3, 0.4) is 0 Å². The van der Waals surface area contributed by atoms with Gasteiger partial charge in [0.1, 0.15) is 0 Å². The number of allylic oxidation sites excluding steroid dienone is 12. The monoisotopic (exact) mass is 360 g/mol. The van der Waals surface area contributed by atoms with Gasteiger partial charge in [0.25, 0.3) is 0 Å². The molecule has 2 unspecified atom stereocenters. The molecular weight excluding hydrogens is 336 g/mol. The van der Waals surface area contributed by atoms with Crippen molar-refractivity contribution in [2.24, 2.45) is 11.8 Å². The molecule has 0 aromatic heterocycles. The van der Waals surface area contributed by atoms with Gasteiger partial charge in [-0.3, -0.25) is 0 Å². The van der Waals surface area contributed by atoms with Gasteiger partial charge in [0.15, 0.2) is 0 Å². The maximum atomic E-state index is 2.55. The molecule has 0 amide bonds. The third-order valence-corrected chi connectivity index (χ3v) is 6.88. The van der Waals surface area contributed by atoms with E-state index >= 15 is 0 Å². The van der Waals surface area contributed by atoms with Crippen LogP contribution in [0.1, 0.15) is 36.8 Å². The van der Waals surface area contributed by atoms with Crippen LogP contribution in [0.4, 0.5) is 0 Å². The second-order valence-corrected chi connectivity index (χ2v) is 8.38. The van der Waals surface area contributed by atoms with Gasteiger partial charge in [0.05, 0.1) is 0 Å². The van der Waals surface area contributed by atoms with Crippen LogP contribution in [0.25, 0.3) is 21.9 Å². The molecule has 6 rings (SSSR count). The Morgan fingerprint density at radius 2 is 1.75 bits per heavy atom. The van der Waals surface area contributed by atoms with Crippen LogP contribution in [0.2, 0.25) is 0 Å². The predicted molar refractivity (Wildman–Crippen MR) is 120 cm³/mol. The number of hydrogen-bond donors (Lipinski definition) is 0. The molecule has 0 saturated carbocycles. The van der Waals surface area contributed by atoms with Gasteiger partial charge < -0.3 is 0 Å². The standard InChI is InChI=1S/C28H24/c1-3-9-19(10-4-1)24-17-26-22-15-7-13-21-14-8-16-23(28(21)22)27(26)18-25(24)20-11-5-2-6-12-20/h1-5,7-9,11,13-16,18-19,24H,6,10,12,17H2. The summed E-state index contributed by atoms with van der Waals surface area (Å²) in [5.41, 5.74) is 9.07. The Bertz CT molecular complexity index is 1150. The van der Waals surface area contributed by atoms with E-state index in [2.05, 4.69) is 85.0 Å². The topological polar surface area (TPSA) is 0 Å². The first-order valence-corrected chi connectivity index (χ1v) is 10.6. The SMILES string of the molecule is C1=CCCC(C2=CC3=C(CC2C2C=CC=CC2)c2cccc4cccc3c24)=C1. The van der Waals surface area contributed by atoms with Crippen LogP contribution in [-0.2, 0) is 0 Å². The summed E-state index contributed by atoms with van der Waals surface area (Å²) in [6.45, 7) is 0. The molecule has 0 aliphatic heterocycles. The van der Waals surface area contributed by atoms with E-state index in [1.54, 1.807) is 16.7 Å². The zero-order valence-corrected chi connectivity index (χ0v) is 16.1. The number of fused-ring (bicyclic) bond motifs is 2. The molecule has 136 valence electrons. The summed E-state index contributed by atoms with van der Waals surface area (Å²) >= 11 is 0. The van der Waals surface area contributed by atoms with Gasteiger partial charge in [-0.15, -0.1) is 0 Å². The normalized spacial score (nSPS) is 25.1. The molecule has 0 spiro atoms. The largest absolute Gasteiger partial charge is 0.0842 e. The fourth-order valence-corrected chi connectivity index (χ4v) is 5.56. The average Bonchev–Trinajstić information content (AvgIpc) is 3.09. The average molecular weight is 361 g/mol. The Labute approximate surface area is 167 Å². The Balaban J connectivity index is 1.54. The van der Waals surface area contributed by atoms with E-state index in [1.165, 1.54) is 33.9 Å². The molecule has 0 nitrogen and oxygen atoms in total. The van der Waals surface area contributed by atoms with Crippen molar-refractivity contribution in [1.82, 2.24) is 0 Å². The maximum absolute atomic E-state index is 2.55. The minimum Gasteiger partial charge on any atom is -0.0842 e. The molecule has 0 saturated heterocycles. The summed E-state index contributed by atoms with van der Waals surface area (Å²) in [6.07, 6.45) is 23.3. The highest BCUT2D eigenvalue weighted by Gasteiger charge is 2.34. The van der Waals surface area contributed by atoms with E-state index in [9.17, 15) is 0 Å². The highest BCUT2D eigenvalue weighted by molar-refractivity contribution is 6.16. The van der Waals surface area contributed by atoms with Crippen molar-refractivity contribution in [2.75, 3.05) is 0 Å². The highest BCUT2D eigenvalue weighted by atomic mass is 14.4. The quantitative estimate of drug-likeness (QED) is 0.523. The fourth-order valence-electron chi connectivity index (χ4n) is 5.56. The molecule has 0 heterocycles. The second-order valence-electron chi connectivity index (χ2n) is 8.38. The van der Waals surface area contributed by atoms with Gasteiger partial charge in [-0.05, 0) is 81.7 Å². The van der Waals surface area contributed by atoms with Gasteiger partial charge in [-0.2, -0.15) is 0 Å². The molecule has 0 N–H and O–H groups in total. The van der Waals surface area contributed by atoms with E-state index in [0.29, 0.717) is 11.8 Å². The van der Waals surface area contributed by atoms with Gasteiger partial charge in [0.2, 0.25) is 0 Å². The number of rotatable bonds is 2. The molecule has 4 aliphatic carbocycles. The van der Waals surface area contributed by atoms with Crippen molar-refractivity contribution < 1.29 is 0 Å². The Hall–Kier alpha value is -2.86. The van der Waals surface area contributed by atoms with Crippen molar-refractivity contribution in [3.63, 3.8) is 0 Å². The van der Waals surface area contributed by atoms with Crippen LogP contribution >= 0.6 is 0 Å². The molecule has 0 bridgehead atoms. The lowest BCUT2D eigenvalue weighted by Gasteiger charge is -2.33. The van der Waals surface area contributed by atoms with Gasteiger partial charge >= 0.3 is 0 Å². The summed E-state index contributed by atoms with van der Waals surface area (Å²) < 4.78 is 0. The minimum atomic E-state index is 0.572.